The second-order valence-electron chi connectivity index (χ2n) is 8.74. The fraction of sp³-hybridized carbons (Fsp3) is 0.591. The van der Waals surface area contributed by atoms with Gasteiger partial charge in [-0.2, -0.15) is 0 Å². The summed E-state index contributed by atoms with van der Waals surface area (Å²) in [4.78, 5) is 15.3. The standard InChI is InChI=1S/C22H27NO4/c1-13(2)7-10-23-11-9-21-18-14-4-5-16(26-3)19(18)27-20(21)15(24)6-8-22(21,25)17(23)12-14/h4-5,7,17,20,25H,6,8-12H2,1-3H3. The normalized spacial score (nSPS) is 36.1. The van der Waals surface area contributed by atoms with Crippen molar-refractivity contribution in [2.24, 2.45) is 0 Å². The Morgan fingerprint density at radius 3 is 2.96 bits per heavy atom. The zero-order valence-corrected chi connectivity index (χ0v) is 16.2. The number of rotatable bonds is 3. The molecule has 2 bridgehead atoms. The number of ether oxygens (including phenoxy) is 2. The zero-order valence-electron chi connectivity index (χ0n) is 16.2. The Bertz CT molecular complexity index is 858. The number of methoxy groups -OCH3 is 1. The van der Waals surface area contributed by atoms with E-state index in [0.717, 1.165) is 31.5 Å². The third-order valence-corrected chi connectivity index (χ3v) is 7.31. The van der Waals surface area contributed by atoms with Crippen LogP contribution in [0.3, 0.4) is 0 Å². The van der Waals surface area contributed by atoms with E-state index in [1.807, 2.05) is 6.07 Å². The van der Waals surface area contributed by atoms with E-state index < -0.39 is 17.1 Å². The lowest BCUT2D eigenvalue weighted by Crippen LogP contribution is -2.76. The van der Waals surface area contributed by atoms with E-state index in [9.17, 15) is 9.90 Å². The highest BCUT2D eigenvalue weighted by atomic mass is 16.5. The summed E-state index contributed by atoms with van der Waals surface area (Å²) < 4.78 is 11.8. The van der Waals surface area contributed by atoms with Crippen LogP contribution in [-0.4, -0.2) is 53.7 Å². The maximum Gasteiger partial charge on any atom is 0.174 e. The molecule has 1 N–H and O–H groups in total. The molecule has 4 atom stereocenters. The minimum Gasteiger partial charge on any atom is -0.493 e. The predicted molar refractivity (Wildman–Crippen MR) is 101 cm³/mol. The maximum atomic E-state index is 12.9. The van der Waals surface area contributed by atoms with Crippen LogP contribution < -0.4 is 9.47 Å². The van der Waals surface area contributed by atoms with E-state index >= 15 is 0 Å². The van der Waals surface area contributed by atoms with E-state index in [2.05, 4.69) is 30.9 Å². The lowest BCUT2D eigenvalue weighted by Gasteiger charge is -2.62. The third-order valence-electron chi connectivity index (χ3n) is 7.31. The van der Waals surface area contributed by atoms with Crippen LogP contribution in [0.2, 0.25) is 0 Å². The van der Waals surface area contributed by atoms with Gasteiger partial charge in [-0.1, -0.05) is 17.7 Å². The summed E-state index contributed by atoms with van der Waals surface area (Å²) in [6, 6.07) is 4.04. The van der Waals surface area contributed by atoms with Gasteiger partial charge in [-0.05, 0) is 44.7 Å². The molecule has 5 rings (SSSR count). The van der Waals surface area contributed by atoms with E-state index in [1.54, 1.807) is 7.11 Å². The molecule has 2 heterocycles. The second-order valence-corrected chi connectivity index (χ2v) is 8.74. The van der Waals surface area contributed by atoms with Gasteiger partial charge in [0.05, 0.1) is 18.1 Å². The molecule has 144 valence electrons. The number of nitrogens with zero attached hydrogens (tertiary/aromatic N) is 1. The van der Waals surface area contributed by atoms with Gasteiger partial charge in [-0.15, -0.1) is 0 Å². The predicted octanol–water partition coefficient (Wildman–Crippen LogP) is 2.38. The van der Waals surface area contributed by atoms with Gasteiger partial charge in [0.25, 0.3) is 0 Å². The Morgan fingerprint density at radius 2 is 2.22 bits per heavy atom. The highest BCUT2D eigenvalue weighted by Crippen LogP contribution is 2.64. The van der Waals surface area contributed by atoms with Crippen molar-refractivity contribution >= 4 is 5.78 Å². The Morgan fingerprint density at radius 1 is 1.41 bits per heavy atom. The molecular weight excluding hydrogens is 342 g/mol. The van der Waals surface area contributed by atoms with Crippen molar-refractivity contribution in [3.05, 3.63) is 34.9 Å². The van der Waals surface area contributed by atoms with Crippen LogP contribution in [0, 0.1) is 0 Å². The third kappa shape index (κ3) is 1.99. The van der Waals surface area contributed by atoms with Gasteiger partial charge < -0.3 is 14.6 Å². The topological polar surface area (TPSA) is 59.0 Å². The van der Waals surface area contributed by atoms with Crippen LogP contribution in [0.1, 0.15) is 44.2 Å². The Balaban J connectivity index is 1.71. The minimum absolute atomic E-state index is 0.00731. The Labute approximate surface area is 160 Å². The number of allylic oxidation sites excluding steroid dienone is 1. The summed E-state index contributed by atoms with van der Waals surface area (Å²) >= 11 is 0. The Hall–Kier alpha value is -1.85. The largest absolute Gasteiger partial charge is 0.493 e. The molecule has 4 unspecified atom stereocenters. The lowest BCUT2D eigenvalue weighted by atomic mass is 9.49. The molecule has 0 amide bonds. The Kier molecular flexibility index (Phi) is 3.57. The van der Waals surface area contributed by atoms with Crippen molar-refractivity contribution in [1.29, 1.82) is 0 Å². The van der Waals surface area contributed by atoms with Crippen LogP contribution in [0.15, 0.2) is 23.8 Å². The first-order valence-electron chi connectivity index (χ1n) is 9.92. The molecule has 0 aromatic heterocycles. The summed E-state index contributed by atoms with van der Waals surface area (Å²) in [7, 11) is 1.63. The van der Waals surface area contributed by atoms with Crippen molar-refractivity contribution in [3.8, 4) is 11.5 Å². The van der Waals surface area contributed by atoms with Crippen LogP contribution >= 0.6 is 0 Å². The monoisotopic (exact) mass is 369 g/mol. The quantitative estimate of drug-likeness (QED) is 0.829. The molecule has 27 heavy (non-hydrogen) atoms. The highest BCUT2D eigenvalue weighted by Gasteiger charge is 2.73. The van der Waals surface area contributed by atoms with Crippen molar-refractivity contribution in [1.82, 2.24) is 4.90 Å². The smallest absolute Gasteiger partial charge is 0.174 e. The van der Waals surface area contributed by atoms with Crippen LogP contribution in [0.25, 0.3) is 0 Å². The van der Waals surface area contributed by atoms with Crippen molar-refractivity contribution in [2.75, 3.05) is 20.2 Å². The number of likely N-dealkylation sites (tertiary alicyclic amines) is 1. The summed E-state index contributed by atoms with van der Waals surface area (Å²) in [5.41, 5.74) is 1.95. The number of Topliss-reactive ketones (excluding diaryl/α,β-unsaturated/α-hetero) is 1. The van der Waals surface area contributed by atoms with Gasteiger partial charge in [0, 0.05) is 31.1 Å². The van der Waals surface area contributed by atoms with Gasteiger partial charge in [-0.3, -0.25) is 9.69 Å². The molecule has 1 saturated heterocycles. The maximum absolute atomic E-state index is 12.9. The fourth-order valence-electron chi connectivity index (χ4n) is 6.08. The molecule has 1 aromatic carbocycles. The highest BCUT2D eigenvalue weighted by molar-refractivity contribution is 5.90. The van der Waals surface area contributed by atoms with Crippen molar-refractivity contribution < 1.29 is 19.4 Å². The number of benzene rings is 1. The molecule has 1 saturated carbocycles. The average Bonchev–Trinajstić information content (AvgIpc) is 2.99. The number of hydrogen-bond donors (Lipinski definition) is 1. The zero-order chi connectivity index (χ0) is 19.0. The first kappa shape index (κ1) is 17.3. The summed E-state index contributed by atoms with van der Waals surface area (Å²) in [5, 5.41) is 12.1. The van der Waals surface area contributed by atoms with Crippen LogP contribution in [0.5, 0.6) is 11.5 Å². The fourth-order valence-corrected chi connectivity index (χ4v) is 6.08. The molecule has 2 aliphatic carbocycles. The molecule has 0 radical (unpaired) electrons. The van der Waals surface area contributed by atoms with Gasteiger partial charge in [0.1, 0.15) is 0 Å². The van der Waals surface area contributed by atoms with E-state index in [0.29, 0.717) is 24.3 Å². The van der Waals surface area contributed by atoms with Gasteiger partial charge in [-0.25, -0.2) is 0 Å². The molecular formula is C22H27NO4. The number of carbonyl (C=O) groups is 1. The van der Waals surface area contributed by atoms with Crippen LogP contribution in [0.4, 0.5) is 0 Å². The number of hydrogen-bond acceptors (Lipinski definition) is 5. The average molecular weight is 369 g/mol. The van der Waals surface area contributed by atoms with Crippen molar-refractivity contribution in [3.63, 3.8) is 0 Å². The van der Waals surface area contributed by atoms with Gasteiger partial charge in [0.2, 0.25) is 0 Å². The van der Waals surface area contributed by atoms with Crippen LogP contribution in [-0.2, 0) is 16.6 Å². The number of piperidine rings is 1. The summed E-state index contributed by atoms with van der Waals surface area (Å²) in [6.45, 7) is 5.91. The minimum atomic E-state index is -0.941. The number of ketones is 1. The first-order valence-corrected chi connectivity index (χ1v) is 9.92. The molecule has 5 nitrogen and oxygen atoms in total. The summed E-state index contributed by atoms with van der Waals surface area (Å²) in [6.07, 6.45) is 4.05. The molecule has 2 aliphatic heterocycles. The SMILES string of the molecule is COc1ccc2c3c1OC1C(=O)CCC4(O)C(C2)N(CC=C(C)C)CCC314. The lowest BCUT2D eigenvalue weighted by molar-refractivity contribution is -0.187. The first-order chi connectivity index (χ1) is 12.9. The second kappa shape index (κ2) is 5.58. The van der Waals surface area contributed by atoms with E-state index in [-0.39, 0.29) is 11.8 Å². The van der Waals surface area contributed by atoms with E-state index in [1.165, 1.54) is 11.1 Å². The van der Waals surface area contributed by atoms with Crippen molar-refractivity contribution in [2.45, 2.75) is 62.7 Å². The molecule has 4 aliphatic rings. The number of aliphatic hydroxyl groups is 1. The van der Waals surface area contributed by atoms with Gasteiger partial charge in [0.15, 0.2) is 23.4 Å². The molecule has 1 spiro atoms. The van der Waals surface area contributed by atoms with E-state index in [4.69, 9.17) is 9.47 Å². The number of carbonyl (C=O) groups excluding carboxylic acids is 1. The summed E-state index contributed by atoms with van der Waals surface area (Å²) in [5.74, 6) is 1.46. The molecule has 2 fully saturated rings. The van der Waals surface area contributed by atoms with Gasteiger partial charge >= 0.3 is 0 Å². The molecule has 5 heteroatoms. The molecule has 1 aromatic rings.